The van der Waals surface area contributed by atoms with Gasteiger partial charge in [0.25, 0.3) is 5.91 Å². The molecule has 1 atom stereocenters. The number of methoxy groups -OCH3 is 1. The maximum atomic E-state index is 12.9. The number of aryl methyl sites for hydroxylation is 1. The standard InChI is InChI=1S/C27H36N2O3S/c1-27(2,3)20-9-10-23-19(15-20)16-24(33-23)26(31)28-21-11-13-29(14-12-21)25(30)17-18-7-5-6-8-22(18)32-4/h5-8,16,20-21H,9-15,17H2,1-4H3,(H,28,31). The fourth-order valence-corrected chi connectivity index (χ4v) is 6.14. The Morgan fingerprint density at radius 3 is 2.58 bits per heavy atom. The van der Waals surface area contributed by atoms with Crippen molar-refractivity contribution in [2.45, 2.75) is 65.3 Å². The van der Waals surface area contributed by atoms with E-state index < -0.39 is 0 Å². The molecule has 6 heteroatoms. The van der Waals surface area contributed by atoms with E-state index in [-0.39, 0.29) is 17.9 Å². The van der Waals surface area contributed by atoms with Gasteiger partial charge in [0, 0.05) is 29.6 Å². The van der Waals surface area contributed by atoms with Gasteiger partial charge in [0.1, 0.15) is 5.75 Å². The van der Waals surface area contributed by atoms with Crippen LogP contribution in [0.4, 0.5) is 0 Å². The van der Waals surface area contributed by atoms with E-state index in [9.17, 15) is 9.59 Å². The number of nitrogens with one attached hydrogen (secondary N) is 1. The molecule has 0 saturated carbocycles. The van der Waals surface area contributed by atoms with Crippen molar-refractivity contribution in [1.82, 2.24) is 10.2 Å². The third-order valence-corrected chi connectivity index (χ3v) is 8.48. The van der Waals surface area contributed by atoms with Gasteiger partial charge in [0.15, 0.2) is 0 Å². The predicted octanol–water partition coefficient (Wildman–Crippen LogP) is 4.87. The first-order valence-electron chi connectivity index (χ1n) is 12.1. The maximum absolute atomic E-state index is 12.9. The number of carbonyl (C=O) groups is 2. The summed E-state index contributed by atoms with van der Waals surface area (Å²) in [7, 11) is 1.63. The molecule has 33 heavy (non-hydrogen) atoms. The highest BCUT2D eigenvalue weighted by Gasteiger charge is 2.31. The average molecular weight is 469 g/mol. The van der Waals surface area contributed by atoms with Crippen molar-refractivity contribution in [3.05, 3.63) is 51.2 Å². The Morgan fingerprint density at radius 1 is 1.15 bits per heavy atom. The van der Waals surface area contributed by atoms with E-state index in [0.717, 1.165) is 41.9 Å². The molecule has 2 aliphatic rings. The second-order valence-electron chi connectivity index (χ2n) is 10.5. The second-order valence-corrected chi connectivity index (χ2v) is 11.6. The molecule has 1 N–H and O–H groups in total. The zero-order chi connectivity index (χ0) is 23.6. The Kier molecular flexibility index (Phi) is 7.13. The Morgan fingerprint density at radius 2 is 1.88 bits per heavy atom. The van der Waals surface area contributed by atoms with Crippen molar-refractivity contribution >= 4 is 23.2 Å². The van der Waals surface area contributed by atoms with E-state index in [1.807, 2.05) is 29.2 Å². The monoisotopic (exact) mass is 468 g/mol. The van der Waals surface area contributed by atoms with Crippen LogP contribution in [0.2, 0.25) is 0 Å². The Bertz CT molecular complexity index is 999. The van der Waals surface area contributed by atoms with Gasteiger partial charge in [-0.25, -0.2) is 0 Å². The molecule has 1 fully saturated rings. The van der Waals surface area contributed by atoms with Crippen molar-refractivity contribution in [1.29, 1.82) is 0 Å². The summed E-state index contributed by atoms with van der Waals surface area (Å²) in [4.78, 5) is 29.9. The van der Waals surface area contributed by atoms with E-state index in [1.165, 1.54) is 16.9 Å². The van der Waals surface area contributed by atoms with E-state index in [4.69, 9.17) is 4.74 Å². The molecule has 1 aromatic heterocycles. The number of fused-ring (bicyclic) bond motifs is 1. The molecule has 0 radical (unpaired) electrons. The van der Waals surface area contributed by atoms with Gasteiger partial charge in [-0.2, -0.15) is 0 Å². The number of nitrogens with zero attached hydrogens (tertiary/aromatic N) is 1. The van der Waals surface area contributed by atoms with Crippen LogP contribution in [0.1, 0.15) is 65.7 Å². The van der Waals surface area contributed by atoms with Crippen molar-refractivity contribution < 1.29 is 14.3 Å². The molecule has 2 heterocycles. The minimum atomic E-state index is 0.0421. The first-order chi connectivity index (χ1) is 15.7. The average Bonchev–Trinajstić information content (AvgIpc) is 3.23. The van der Waals surface area contributed by atoms with Crippen molar-refractivity contribution in [3.63, 3.8) is 0 Å². The van der Waals surface area contributed by atoms with Gasteiger partial charge in [-0.3, -0.25) is 9.59 Å². The quantitative estimate of drug-likeness (QED) is 0.681. The Hall–Kier alpha value is -2.34. The van der Waals surface area contributed by atoms with Crippen molar-refractivity contribution in [2.75, 3.05) is 20.2 Å². The number of carbonyl (C=O) groups excluding carboxylic acids is 2. The van der Waals surface area contributed by atoms with Crippen LogP contribution in [-0.4, -0.2) is 43.0 Å². The van der Waals surface area contributed by atoms with Crippen LogP contribution in [0.25, 0.3) is 0 Å². The second kappa shape index (κ2) is 9.88. The zero-order valence-electron chi connectivity index (χ0n) is 20.3. The molecular weight excluding hydrogens is 432 g/mol. The summed E-state index contributed by atoms with van der Waals surface area (Å²) in [6.07, 6.45) is 5.30. The highest BCUT2D eigenvalue weighted by atomic mass is 32.1. The molecule has 1 aromatic carbocycles. The predicted molar refractivity (Wildman–Crippen MR) is 133 cm³/mol. The molecule has 1 unspecified atom stereocenters. The van der Waals surface area contributed by atoms with Crippen molar-refractivity contribution in [2.24, 2.45) is 11.3 Å². The highest BCUT2D eigenvalue weighted by molar-refractivity contribution is 7.14. The fraction of sp³-hybridized carbons (Fsp3) is 0.556. The molecule has 0 spiro atoms. The molecule has 5 nitrogen and oxygen atoms in total. The number of rotatable bonds is 5. The molecule has 178 valence electrons. The summed E-state index contributed by atoms with van der Waals surface area (Å²) in [5.74, 6) is 1.58. The van der Waals surface area contributed by atoms with Gasteiger partial charge in [0.05, 0.1) is 18.4 Å². The Balaban J connectivity index is 1.29. The lowest BCUT2D eigenvalue weighted by Gasteiger charge is -2.33. The summed E-state index contributed by atoms with van der Waals surface area (Å²) >= 11 is 1.67. The molecule has 2 amide bonds. The minimum absolute atomic E-state index is 0.0421. The molecule has 1 aliphatic heterocycles. The fourth-order valence-electron chi connectivity index (χ4n) is 5.03. The molecule has 1 saturated heterocycles. The number of hydrogen-bond acceptors (Lipinski definition) is 4. The van der Waals surface area contributed by atoms with E-state index in [1.54, 1.807) is 18.4 Å². The van der Waals surface area contributed by atoms with Gasteiger partial charge in [0.2, 0.25) is 5.91 Å². The summed E-state index contributed by atoms with van der Waals surface area (Å²) in [5.41, 5.74) is 2.59. The summed E-state index contributed by atoms with van der Waals surface area (Å²) in [6, 6.07) is 9.91. The van der Waals surface area contributed by atoms with Gasteiger partial charge in [-0.05, 0) is 61.1 Å². The van der Waals surface area contributed by atoms with Crippen LogP contribution >= 0.6 is 11.3 Å². The van der Waals surface area contributed by atoms with Gasteiger partial charge < -0.3 is 15.0 Å². The van der Waals surface area contributed by atoms with Crippen molar-refractivity contribution in [3.8, 4) is 5.75 Å². The molecule has 4 rings (SSSR count). The topological polar surface area (TPSA) is 58.6 Å². The lowest BCUT2D eigenvalue weighted by molar-refractivity contribution is -0.131. The number of likely N-dealkylation sites (tertiary alicyclic amines) is 1. The number of ether oxygens (including phenoxy) is 1. The minimum Gasteiger partial charge on any atom is -0.496 e. The highest BCUT2D eigenvalue weighted by Crippen LogP contribution is 2.40. The molecule has 2 aromatic rings. The van der Waals surface area contributed by atoms with Crippen LogP contribution in [0.5, 0.6) is 5.75 Å². The van der Waals surface area contributed by atoms with Crippen LogP contribution < -0.4 is 10.1 Å². The number of thiophene rings is 1. The van der Waals surface area contributed by atoms with Gasteiger partial charge in [-0.15, -0.1) is 11.3 Å². The first-order valence-corrected chi connectivity index (χ1v) is 12.9. The van der Waals surface area contributed by atoms with Crippen LogP contribution in [0.3, 0.4) is 0 Å². The maximum Gasteiger partial charge on any atom is 0.261 e. The van der Waals surface area contributed by atoms with Crippen LogP contribution in [0, 0.1) is 11.3 Å². The van der Waals surface area contributed by atoms with Crippen LogP contribution in [-0.2, 0) is 24.1 Å². The number of piperidine rings is 1. The van der Waals surface area contributed by atoms with E-state index in [0.29, 0.717) is 30.8 Å². The number of benzene rings is 1. The summed E-state index contributed by atoms with van der Waals surface area (Å²) in [5, 5.41) is 3.23. The normalized spacial score (nSPS) is 19.2. The molecular formula is C27H36N2O3S. The number of amides is 2. The smallest absolute Gasteiger partial charge is 0.261 e. The zero-order valence-corrected chi connectivity index (χ0v) is 21.1. The summed E-state index contributed by atoms with van der Waals surface area (Å²) < 4.78 is 5.37. The van der Waals surface area contributed by atoms with Gasteiger partial charge >= 0.3 is 0 Å². The summed E-state index contributed by atoms with van der Waals surface area (Å²) in [6.45, 7) is 8.29. The third-order valence-electron chi connectivity index (χ3n) is 7.25. The van der Waals surface area contributed by atoms with E-state index >= 15 is 0 Å². The first kappa shape index (κ1) is 23.8. The molecule has 1 aliphatic carbocycles. The SMILES string of the molecule is COc1ccccc1CC(=O)N1CCC(NC(=O)c2cc3c(s2)CCC(C(C)(C)C)C3)CC1. The third kappa shape index (κ3) is 5.60. The lowest BCUT2D eigenvalue weighted by Crippen LogP contribution is -2.46. The lowest BCUT2D eigenvalue weighted by atomic mass is 9.72. The van der Waals surface area contributed by atoms with Gasteiger partial charge in [-0.1, -0.05) is 39.0 Å². The van der Waals surface area contributed by atoms with E-state index in [2.05, 4.69) is 32.2 Å². The molecule has 0 bridgehead atoms. The van der Waals surface area contributed by atoms with Crippen LogP contribution in [0.15, 0.2) is 30.3 Å². The number of para-hydroxylation sites is 1. The largest absolute Gasteiger partial charge is 0.496 e. The Labute approximate surface area is 201 Å². The number of hydrogen-bond donors (Lipinski definition) is 1.